The Kier molecular flexibility index (Phi) is 4.45. The number of hydrogen-bond acceptors (Lipinski definition) is 4. The van der Waals surface area contributed by atoms with E-state index in [4.69, 9.17) is 4.74 Å². The SMILES string of the molecule is CC(C)(C)N1CCC2(CC1)CC(F)(F)c1cc(C(=O)O)c(C(=O)O)cc1O2. The molecule has 3 rings (SSSR count). The van der Waals surface area contributed by atoms with Crippen LogP contribution in [0.4, 0.5) is 8.78 Å². The summed E-state index contributed by atoms with van der Waals surface area (Å²) in [6.07, 6.45) is 0.237. The van der Waals surface area contributed by atoms with Crippen LogP contribution in [-0.2, 0) is 5.92 Å². The van der Waals surface area contributed by atoms with Gasteiger partial charge in [-0.3, -0.25) is 4.90 Å². The van der Waals surface area contributed by atoms with Crippen molar-refractivity contribution >= 4 is 11.9 Å². The lowest BCUT2D eigenvalue weighted by Crippen LogP contribution is -2.56. The molecule has 27 heavy (non-hydrogen) atoms. The van der Waals surface area contributed by atoms with Crippen molar-refractivity contribution < 1.29 is 33.3 Å². The van der Waals surface area contributed by atoms with Gasteiger partial charge >= 0.3 is 11.9 Å². The fourth-order valence-corrected chi connectivity index (χ4v) is 3.94. The summed E-state index contributed by atoms with van der Waals surface area (Å²) in [6, 6.07) is 1.66. The van der Waals surface area contributed by atoms with E-state index in [-0.39, 0.29) is 11.3 Å². The molecule has 2 N–H and O–H groups in total. The van der Waals surface area contributed by atoms with E-state index in [0.29, 0.717) is 25.9 Å². The quantitative estimate of drug-likeness (QED) is 0.812. The van der Waals surface area contributed by atoms with E-state index < -0.39 is 46.6 Å². The summed E-state index contributed by atoms with van der Waals surface area (Å²) in [5.74, 6) is -6.59. The largest absolute Gasteiger partial charge is 0.486 e. The second kappa shape index (κ2) is 6.15. The molecule has 1 spiro atoms. The van der Waals surface area contributed by atoms with Gasteiger partial charge in [-0.05, 0) is 32.9 Å². The standard InChI is InChI=1S/C19H23F2NO5/c1-17(2,3)22-6-4-18(5-7-22)10-19(20,21)13-8-11(15(23)24)12(16(25)26)9-14(13)27-18/h8-9H,4-7,10H2,1-3H3,(H,23,24)(H,25,26). The summed E-state index contributed by atoms with van der Waals surface area (Å²) < 4.78 is 35.7. The van der Waals surface area contributed by atoms with Gasteiger partial charge in [0.2, 0.25) is 0 Å². The van der Waals surface area contributed by atoms with Gasteiger partial charge in [0, 0.05) is 31.5 Å². The Hall–Kier alpha value is -2.22. The molecule has 0 bridgehead atoms. The number of carboxylic acid groups (broad SMARTS) is 2. The highest BCUT2D eigenvalue weighted by Crippen LogP contribution is 2.51. The van der Waals surface area contributed by atoms with Gasteiger partial charge in [-0.2, -0.15) is 0 Å². The lowest BCUT2D eigenvalue weighted by molar-refractivity contribution is -0.130. The minimum absolute atomic E-state index is 0.0798. The zero-order valence-electron chi connectivity index (χ0n) is 15.5. The van der Waals surface area contributed by atoms with Crippen LogP contribution in [-0.4, -0.2) is 51.3 Å². The number of benzene rings is 1. The number of rotatable bonds is 2. The molecule has 2 aliphatic rings. The highest BCUT2D eigenvalue weighted by atomic mass is 19.3. The first-order valence-electron chi connectivity index (χ1n) is 8.82. The van der Waals surface area contributed by atoms with Crippen LogP contribution in [0.3, 0.4) is 0 Å². The summed E-state index contributed by atoms with van der Waals surface area (Å²) in [7, 11) is 0. The Bertz CT molecular complexity index is 792. The zero-order chi connectivity index (χ0) is 20.2. The van der Waals surface area contributed by atoms with Crippen molar-refractivity contribution in [3.63, 3.8) is 0 Å². The molecule has 1 aromatic carbocycles. The lowest BCUT2D eigenvalue weighted by Gasteiger charge is -2.49. The van der Waals surface area contributed by atoms with Crippen LogP contribution in [0.15, 0.2) is 12.1 Å². The lowest BCUT2D eigenvalue weighted by atomic mass is 9.79. The first-order valence-corrected chi connectivity index (χ1v) is 8.82. The van der Waals surface area contributed by atoms with E-state index in [1.165, 1.54) is 0 Å². The Labute approximate surface area is 155 Å². The highest BCUT2D eigenvalue weighted by Gasteiger charge is 2.53. The van der Waals surface area contributed by atoms with Crippen LogP contribution in [0, 0.1) is 0 Å². The van der Waals surface area contributed by atoms with E-state index >= 15 is 0 Å². The van der Waals surface area contributed by atoms with E-state index in [1.54, 1.807) is 0 Å². The number of alkyl halides is 2. The van der Waals surface area contributed by atoms with Crippen molar-refractivity contribution in [2.45, 2.75) is 57.1 Å². The average Bonchev–Trinajstić information content (AvgIpc) is 2.52. The van der Waals surface area contributed by atoms with E-state index in [0.717, 1.165) is 12.1 Å². The van der Waals surface area contributed by atoms with Crippen LogP contribution in [0.5, 0.6) is 5.75 Å². The number of piperidine rings is 1. The Morgan fingerprint density at radius 3 is 2.07 bits per heavy atom. The van der Waals surface area contributed by atoms with Crippen molar-refractivity contribution in [2.24, 2.45) is 0 Å². The molecule has 0 aromatic heterocycles. The number of aromatic carboxylic acids is 2. The molecular formula is C19H23F2NO5. The maximum atomic E-state index is 14.9. The van der Waals surface area contributed by atoms with Gasteiger partial charge < -0.3 is 14.9 Å². The molecule has 1 fully saturated rings. The van der Waals surface area contributed by atoms with Gasteiger partial charge in [0.15, 0.2) is 0 Å². The number of likely N-dealkylation sites (tertiary alicyclic amines) is 1. The van der Waals surface area contributed by atoms with Gasteiger partial charge in [0.05, 0.1) is 23.1 Å². The van der Waals surface area contributed by atoms with Crippen molar-refractivity contribution in [2.75, 3.05) is 13.1 Å². The third-order valence-corrected chi connectivity index (χ3v) is 5.47. The van der Waals surface area contributed by atoms with Gasteiger partial charge in [0.1, 0.15) is 11.4 Å². The first kappa shape index (κ1) is 19.5. The van der Waals surface area contributed by atoms with Crippen molar-refractivity contribution in [3.05, 3.63) is 28.8 Å². The summed E-state index contributed by atoms with van der Waals surface area (Å²) in [4.78, 5) is 24.9. The molecule has 0 saturated carbocycles. The predicted molar refractivity (Wildman–Crippen MR) is 92.8 cm³/mol. The topological polar surface area (TPSA) is 87.1 Å². The van der Waals surface area contributed by atoms with Crippen molar-refractivity contribution in [1.82, 2.24) is 4.90 Å². The second-order valence-corrected chi connectivity index (χ2v) is 8.33. The van der Waals surface area contributed by atoms with Gasteiger partial charge in [0.25, 0.3) is 5.92 Å². The molecule has 2 heterocycles. The molecule has 0 atom stereocenters. The molecule has 0 radical (unpaired) electrons. The number of carboxylic acids is 2. The average molecular weight is 383 g/mol. The van der Waals surface area contributed by atoms with Crippen LogP contribution in [0.2, 0.25) is 0 Å². The molecule has 0 aliphatic carbocycles. The third-order valence-electron chi connectivity index (χ3n) is 5.47. The molecule has 2 aliphatic heterocycles. The number of carbonyl (C=O) groups is 2. The monoisotopic (exact) mass is 383 g/mol. The maximum absolute atomic E-state index is 14.9. The number of ether oxygens (including phenoxy) is 1. The van der Waals surface area contributed by atoms with Crippen LogP contribution >= 0.6 is 0 Å². The fourth-order valence-electron chi connectivity index (χ4n) is 3.94. The minimum atomic E-state index is -3.29. The van der Waals surface area contributed by atoms with E-state index in [9.17, 15) is 28.6 Å². The fraction of sp³-hybridized carbons (Fsp3) is 0.579. The summed E-state index contributed by atoms with van der Waals surface area (Å²) in [6.45, 7) is 7.36. The van der Waals surface area contributed by atoms with E-state index in [2.05, 4.69) is 25.7 Å². The molecule has 8 heteroatoms. The van der Waals surface area contributed by atoms with Gasteiger partial charge in [-0.15, -0.1) is 0 Å². The molecule has 148 valence electrons. The summed E-state index contributed by atoms with van der Waals surface area (Å²) in [5.41, 5.74) is -2.94. The molecule has 0 amide bonds. The zero-order valence-corrected chi connectivity index (χ0v) is 15.5. The Morgan fingerprint density at radius 1 is 1.07 bits per heavy atom. The number of fused-ring (bicyclic) bond motifs is 1. The summed E-state index contributed by atoms with van der Waals surface area (Å²) >= 11 is 0. The number of nitrogens with zero attached hydrogens (tertiary/aromatic N) is 1. The molecule has 1 saturated heterocycles. The highest BCUT2D eigenvalue weighted by molar-refractivity contribution is 6.02. The molecule has 1 aromatic rings. The maximum Gasteiger partial charge on any atom is 0.336 e. The summed E-state index contributed by atoms with van der Waals surface area (Å²) in [5, 5.41) is 18.4. The first-order chi connectivity index (χ1) is 12.3. The number of hydrogen-bond donors (Lipinski definition) is 2. The third kappa shape index (κ3) is 3.50. The van der Waals surface area contributed by atoms with Gasteiger partial charge in [-0.1, -0.05) is 0 Å². The minimum Gasteiger partial charge on any atom is -0.486 e. The predicted octanol–water partition coefficient (Wildman–Crippen LogP) is 3.59. The normalized spacial score (nSPS) is 21.4. The molecular weight excluding hydrogens is 360 g/mol. The van der Waals surface area contributed by atoms with Crippen LogP contribution < -0.4 is 4.74 Å². The molecule has 6 nitrogen and oxygen atoms in total. The van der Waals surface area contributed by atoms with Crippen LogP contribution in [0.25, 0.3) is 0 Å². The van der Waals surface area contributed by atoms with Crippen LogP contribution in [0.1, 0.15) is 66.3 Å². The van der Waals surface area contributed by atoms with E-state index in [1.807, 2.05) is 0 Å². The van der Waals surface area contributed by atoms with Crippen molar-refractivity contribution in [3.8, 4) is 5.75 Å². The Balaban J connectivity index is 1.99. The number of halogens is 2. The molecule has 0 unspecified atom stereocenters. The Morgan fingerprint density at radius 2 is 1.59 bits per heavy atom. The van der Waals surface area contributed by atoms with Crippen molar-refractivity contribution in [1.29, 1.82) is 0 Å². The van der Waals surface area contributed by atoms with Gasteiger partial charge in [-0.25, -0.2) is 18.4 Å². The smallest absolute Gasteiger partial charge is 0.336 e. The second-order valence-electron chi connectivity index (χ2n) is 8.33.